The van der Waals surface area contributed by atoms with E-state index in [9.17, 15) is 19.5 Å². The number of carboxylic acid groups (broad SMARTS) is 1. The van der Waals surface area contributed by atoms with E-state index >= 15 is 0 Å². The van der Waals surface area contributed by atoms with Crippen LogP contribution in [0.1, 0.15) is 27.1 Å². The van der Waals surface area contributed by atoms with Gasteiger partial charge in [0.1, 0.15) is 11.1 Å². The Hall–Kier alpha value is -1.99. The third-order valence-electron chi connectivity index (χ3n) is 3.88. The van der Waals surface area contributed by atoms with E-state index in [4.69, 9.17) is 39.5 Å². The summed E-state index contributed by atoms with van der Waals surface area (Å²) in [5.74, 6) is -2.25. The highest BCUT2D eigenvalue weighted by Gasteiger charge is 2.36. The lowest BCUT2D eigenvalue weighted by Crippen LogP contribution is -2.17. The van der Waals surface area contributed by atoms with Crippen molar-refractivity contribution in [3.05, 3.63) is 73.6 Å². The summed E-state index contributed by atoms with van der Waals surface area (Å²) in [6.45, 7) is 0. The summed E-state index contributed by atoms with van der Waals surface area (Å²) in [5, 5.41) is 9.72. The largest absolute Gasteiger partial charge is 0.478 e. The van der Waals surface area contributed by atoms with Crippen LogP contribution in [-0.2, 0) is 9.53 Å². The van der Waals surface area contributed by atoms with Crippen molar-refractivity contribution in [3.8, 4) is 0 Å². The first kappa shape index (κ1) is 20.7. The van der Waals surface area contributed by atoms with Gasteiger partial charge < -0.3 is 9.84 Å². The highest BCUT2D eigenvalue weighted by molar-refractivity contribution is 8.03. The molecular weight excluding hydrogens is 447 g/mol. The molecule has 5 nitrogen and oxygen atoms in total. The molecule has 0 spiro atoms. The predicted molar refractivity (Wildman–Crippen MR) is 107 cm³/mol. The lowest BCUT2D eigenvalue weighted by Gasteiger charge is -2.14. The van der Waals surface area contributed by atoms with Gasteiger partial charge >= 0.3 is 11.9 Å². The van der Waals surface area contributed by atoms with Crippen molar-refractivity contribution in [1.29, 1.82) is 0 Å². The van der Waals surface area contributed by atoms with Crippen LogP contribution in [-0.4, -0.2) is 28.9 Å². The highest BCUT2D eigenvalue weighted by Crippen LogP contribution is 2.41. The van der Waals surface area contributed by atoms with Gasteiger partial charge in [-0.2, -0.15) is 0 Å². The number of thioether (sulfide) groups is 1. The Morgan fingerprint density at radius 2 is 1.79 bits per heavy atom. The van der Waals surface area contributed by atoms with Crippen LogP contribution < -0.4 is 0 Å². The minimum atomic E-state index is -1.12. The van der Waals surface area contributed by atoms with Crippen LogP contribution in [0.3, 0.4) is 0 Å². The average Bonchev–Trinajstić information content (AvgIpc) is 2.89. The Kier molecular flexibility index (Phi) is 6.35. The average molecular weight is 458 g/mol. The number of aromatic carboxylic acids is 1. The maximum absolute atomic E-state index is 12.6. The molecular formula is C19H11Cl3O5S. The van der Waals surface area contributed by atoms with E-state index < -0.39 is 18.0 Å². The summed E-state index contributed by atoms with van der Waals surface area (Å²) in [4.78, 5) is 36.6. The fourth-order valence-electron chi connectivity index (χ4n) is 2.57. The number of ketones is 1. The van der Waals surface area contributed by atoms with Gasteiger partial charge in [0.2, 0.25) is 0 Å². The lowest BCUT2D eigenvalue weighted by molar-refractivity contribution is -0.138. The van der Waals surface area contributed by atoms with Gasteiger partial charge in [0.05, 0.1) is 21.9 Å². The number of carbonyl (C=O) groups excluding carboxylic acids is 2. The van der Waals surface area contributed by atoms with Crippen molar-refractivity contribution in [2.24, 2.45) is 0 Å². The number of benzene rings is 2. The molecule has 1 N–H and O–H groups in total. The number of ether oxygens (including phenoxy) is 1. The van der Waals surface area contributed by atoms with Crippen molar-refractivity contribution < 1.29 is 24.2 Å². The van der Waals surface area contributed by atoms with Gasteiger partial charge in [0, 0.05) is 15.5 Å². The standard InChI is InChI=1S/C19H11Cl3O5S/c20-9-5-6-10(12(21)7-9)13(23)8-14-17(16(22)19(26)27-14)28-15-4-2-1-3-11(15)18(24)25/h1-7,14H,8H2,(H,24,25). The Morgan fingerprint density at radius 1 is 1.07 bits per heavy atom. The van der Waals surface area contributed by atoms with E-state index in [-0.39, 0.29) is 38.3 Å². The molecule has 1 aliphatic rings. The molecule has 0 saturated heterocycles. The van der Waals surface area contributed by atoms with Crippen LogP contribution in [0, 0.1) is 0 Å². The van der Waals surface area contributed by atoms with E-state index in [2.05, 4.69) is 0 Å². The SMILES string of the molecule is O=C1OC(CC(=O)c2ccc(Cl)cc2Cl)C(Sc2ccccc2C(=O)O)=C1Cl. The quantitative estimate of drug-likeness (QED) is 0.460. The Balaban J connectivity index is 1.87. The molecule has 28 heavy (non-hydrogen) atoms. The maximum atomic E-state index is 12.6. The number of cyclic esters (lactones) is 1. The van der Waals surface area contributed by atoms with Crippen molar-refractivity contribution in [2.45, 2.75) is 17.4 Å². The fourth-order valence-corrected chi connectivity index (χ4v) is 4.45. The zero-order valence-electron chi connectivity index (χ0n) is 13.9. The van der Waals surface area contributed by atoms with Crippen LogP contribution in [0.25, 0.3) is 0 Å². The van der Waals surface area contributed by atoms with Crippen molar-refractivity contribution >= 4 is 64.3 Å². The molecule has 3 rings (SSSR count). The summed E-state index contributed by atoms with van der Waals surface area (Å²) < 4.78 is 5.21. The van der Waals surface area contributed by atoms with E-state index in [1.54, 1.807) is 18.2 Å². The van der Waals surface area contributed by atoms with E-state index in [0.717, 1.165) is 11.8 Å². The van der Waals surface area contributed by atoms with E-state index in [1.807, 2.05) is 0 Å². The van der Waals surface area contributed by atoms with Gasteiger partial charge in [-0.3, -0.25) is 4.79 Å². The molecule has 0 aromatic heterocycles. The molecule has 0 radical (unpaired) electrons. The smallest absolute Gasteiger partial charge is 0.351 e. The molecule has 1 unspecified atom stereocenters. The van der Waals surface area contributed by atoms with Crippen molar-refractivity contribution in [3.63, 3.8) is 0 Å². The van der Waals surface area contributed by atoms with Gasteiger partial charge in [-0.1, -0.05) is 58.7 Å². The number of carbonyl (C=O) groups is 3. The highest BCUT2D eigenvalue weighted by atomic mass is 35.5. The summed E-state index contributed by atoms with van der Waals surface area (Å²) in [6.07, 6.45) is -1.13. The second-order valence-electron chi connectivity index (χ2n) is 5.73. The molecule has 2 aromatic rings. The molecule has 1 aliphatic heterocycles. The summed E-state index contributed by atoms with van der Waals surface area (Å²) in [6, 6.07) is 10.7. The topological polar surface area (TPSA) is 80.7 Å². The third-order valence-corrected chi connectivity index (χ3v) is 6.16. The van der Waals surface area contributed by atoms with Crippen LogP contribution in [0.5, 0.6) is 0 Å². The summed E-state index contributed by atoms with van der Waals surface area (Å²) >= 11 is 19.0. The van der Waals surface area contributed by atoms with Gasteiger partial charge in [-0.15, -0.1) is 0 Å². The van der Waals surface area contributed by atoms with Gasteiger partial charge in [-0.25, -0.2) is 9.59 Å². The van der Waals surface area contributed by atoms with E-state index in [1.165, 1.54) is 24.3 Å². The van der Waals surface area contributed by atoms with Crippen LogP contribution >= 0.6 is 46.6 Å². The van der Waals surface area contributed by atoms with E-state index in [0.29, 0.717) is 9.92 Å². The molecule has 144 valence electrons. The first-order valence-corrected chi connectivity index (χ1v) is 9.82. The number of hydrogen-bond donors (Lipinski definition) is 1. The number of Topliss-reactive ketones (excluding diaryl/α,β-unsaturated/α-hetero) is 1. The number of halogens is 3. The van der Waals surface area contributed by atoms with Crippen molar-refractivity contribution in [2.75, 3.05) is 0 Å². The van der Waals surface area contributed by atoms with Crippen LogP contribution in [0.2, 0.25) is 10.0 Å². The number of carboxylic acids is 1. The van der Waals surface area contributed by atoms with Gasteiger partial charge in [0.25, 0.3) is 0 Å². The number of hydrogen-bond acceptors (Lipinski definition) is 5. The Morgan fingerprint density at radius 3 is 2.46 bits per heavy atom. The molecule has 2 aromatic carbocycles. The number of esters is 1. The molecule has 1 heterocycles. The minimum Gasteiger partial charge on any atom is -0.478 e. The summed E-state index contributed by atoms with van der Waals surface area (Å²) in [5.41, 5.74) is 0.287. The molecule has 0 bridgehead atoms. The third kappa shape index (κ3) is 4.36. The van der Waals surface area contributed by atoms with Gasteiger partial charge in [0.15, 0.2) is 5.78 Å². The Bertz CT molecular complexity index is 1020. The maximum Gasteiger partial charge on any atom is 0.351 e. The molecule has 0 saturated carbocycles. The molecule has 0 aliphatic carbocycles. The zero-order chi connectivity index (χ0) is 20.4. The normalized spacial score (nSPS) is 16.2. The fraction of sp³-hybridized carbons (Fsp3) is 0.105. The second kappa shape index (κ2) is 8.57. The predicted octanol–water partition coefficient (Wildman–Crippen LogP) is 5.43. The zero-order valence-corrected chi connectivity index (χ0v) is 17.0. The molecule has 1 atom stereocenters. The van der Waals surface area contributed by atoms with Crippen LogP contribution in [0.15, 0.2) is 57.3 Å². The molecule has 0 fully saturated rings. The first-order valence-electron chi connectivity index (χ1n) is 7.87. The van der Waals surface area contributed by atoms with Gasteiger partial charge in [-0.05, 0) is 30.3 Å². The monoisotopic (exact) mass is 456 g/mol. The Labute approximate surface area is 179 Å². The molecule has 9 heteroatoms. The lowest BCUT2D eigenvalue weighted by atomic mass is 10.1. The number of rotatable bonds is 6. The molecule has 0 amide bonds. The minimum absolute atomic E-state index is 0.0506. The summed E-state index contributed by atoms with van der Waals surface area (Å²) in [7, 11) is 0. The van der Waals surface area contributed by atoms with Crippen molar-refractivity contribution in [1.82, 2.24) is 0 Å². The second-order valence-corrected chi connectivity index (χ2v) is 8.03. The first-order chi connectivity index (χ1) is 13.3. The van der Waals surface area contributed by atoms with Crippen LogP contribution in [0.4, 0.5) is 0 Å².